The molecule has 8 atom stereocenters. The van der Waals surface area contributed by atoms with Crippen LogP contribution in [0.4, 0.5) is 0 Å². The Morgan fingerprint density at radius 2 is 1.91 bits per heavy atom. The molecule has 9 heteroatoms. The third-order valence-electron chi connectivity index (χ3n) is 8.34. The molecule has 3 fully saturated rings. The summed E-state index contributed by atoms with van der Waals surface area (Å²) in [5.41, 5.74) is 9.80. The zero-order chi connectivity index (χ0) is 25.6. The van der Waals surface area contributed by atoms with Crippen molar-refractivity contribution in [3.05, 3.63) is 34.2 Å². The molecule has 0 saturated carbocycles. The van der Waals surface area contributed by atoms with Crippen LogP contribution in [-0.4, -0.2) is 61.5 Å². The van der Waals surface area contributed by atoms with E-state index in [0.717, 1.165) is 48.4 Å². The lowest BCUT2D eigenvalue weighted by Gasteiger charge is -2.44. The van der Waals surface area contributed by atoms with Gasteiger partial charge in [0.2, 0.25) is 0 Å². The standard InChI is InChI=1S/C26H44IN3O4Si/c1-7-35(8-2,9-3)34-25-24(33-21(16-27)15-26(25)17-31-26)13-11-18(4)10-12-23-19(5)14-22(29-30-28)20(6)32-23/h10-11,13,19-25H,7-9,12,14-17H2,1-6H3/b13-11-,18-10+/t19-,20+,21+,22+,23-,24+,25+,26+/m0/s1. The fourth-order valence-corrected chi connectivity index (χ4v) is 8.94. The minimum atomic E-state index is -1.80. The Morgan fingerprint density at radius 3 is 2.49 bits per heavy atom. The van der Waals surface area contributed by atoms with E-state index in [1.165, 1.54) is 5.57 Å². The molecule has 3 rings (SSSR count). The van der Waals surface area contributed by atoms with E-state index < -0.39 is 8.32 Å². The quantitative estimate of drug-likeness (QED) is 0.0361. The van der Waals surface area contributed by atoms with E-state index in [9.17, 15) is 0 Å². The molecular formula is C26H44IN3O4Si. The maximum Gasteiger partial charge on any atom is 0.192 e. The van der Waals surface area contributed by atoms with Crippen molar-refractivity contribution in [1.29, 1.82) is 0 Å². The minimum absolute atomic E-state index is 0.0301. The summed E-state index contributed by atoms with van der Waals surface area (Å²) in [5.74, 6) is 0.348. The molecule has 0 unspecified atom stereocenters. The van der Waals surface area contributed by atoms with Crippen LogP contribution in [-0.2, 0) is 18.6 Å². The molecule has 0 aliphatic carbocycles. The van der Waals surface area contributed by atoms with Crippen LogP contribution in [0, 0.1) is 5.92 Å². The molecule has 0 amide bonds. The number of azide groups is 1. The van der Waals surface area contributed by atoms with E-state index in [0.29, 0.717) is 5.92 Å². The van der Waals surface area contributed by atoms with Gasteiger partial charge < -0.3 is 18.6 Å². The maximum atomic E-state index is 8.78. The Hall–Kier alpha value is -0.423. The van der Waals surface area contributed by atoms with E-state index >= 15 is 0 Å². The van der Waals surface area contributed by atoms with Crippen molar-refractivity contribution in [2.75, 3.05) is 11.0 Å². The van der Waals surface area contributed by atoms with Crippen LogP contribution in [0.1, 0.15) is 60.8 Å². The second-order valence-electron chi connectivity index (χ2n) is 10.6. The average Bonchev–Trinajstić information content (AvgIpc) is 3.63. The first-order chi connectivity index (χ1) is 16.7. The molecule has 198 valence electrons. The van der Waals surface area contributed by atoms with Gasteiger partial charge in [0.1, 0.15) is 17.8 Å². The van der Waals surface area contributed by atoms with Crippen molar-refractivity contribution in [3.8, 4) is 0 Å². The molecule has 0 aromatic carbocycles. The number of rotatable bonds is 11. The third kappa shape index (κ3) is 7.12. The van der Waals surface area contributed by atoms with Gasteiger partial charge >= 0.3 is 0 Å². The molecule has 0 aromatic heterocycles. The highest BCUT2D eigenvalue weighted by molar-refractivity contribution is 14.1. The van der Waals surface area contributed by atoms with Crippen molar-refractivity contribution in [1.82, 2.24) is 0 Å². The van der Waals surface area contributed by atoms with Crippen molar-refractivity contribution < 1.29 is 18.6 Å². The number of nitrogens with zero attached hydrogens (tertiary/aromatic N) is 3. The van der Waals surface area contributed by atoms with Gasteiger partial charge in [-0.25, -0.2) is 0 Å². The molecule has 1 spiro atoms. The first-order valence-electron chi connectivity index (χ1n) is 13.3. The summed E-state index contributed by atoms with van der Waals surface area (Å²) in [4.78, 5) is 2.98. The highest BCUT2D eigenvalue weighted by Gasteiger charge is 2.60. The van der Waals surface area contributed by atoms with Crippen LogP contribution in [0.3, 0.4) is 0 Å². The number of hydrogen-bond donors (Lipinski definition) is 0. The number of epoxide rings is 1. The monoisotopic (exact) mass is 617 g/mol. The van der Waals surface area contributed by atoms with E-state index in [4.69, 9.17) is 24.2 Å². The lowest BCUT2D eigenvalue weighted by atomic mass is 9.88. The fourth-order valence-electron chi connectivity index (χ4n) is 5.54. The zero-order valence-corrected chi connectivity index (χ0v) is 25.4. The smallest absolute Gasteiger partial charge is 0.192 e. The first-order valence-corrected chi connectivity index (χ1v) is 17.4. The summed E-state index contributed by atoms with van der Waals surface area (Å²) in [7, 11) is -1.80. The molecule has 3 heterocycles. The highest BCUT2D eigenvalue weighted by atomic mass is 127. The number of allylic oxidation sites excluding steroid dienone is 2. The summed E-state index contributed by atoms with van der Waals surface area (Å²) < 4.78 is 26.8. The van der Waals surface area contributed by atoms with Gasteiger partial charge in [-0.3, -0.25) is 0 Å². The zero-order valence-electron chi connectivity index (χ0n) is 22.3. The molecule has 0 bridgehead atoms. The molecule has 3 saturated heterocycles. The molecule has 7 nitrogen and oxygen atoms in total. The second kappa shape index (κ2) is 12.9. The van der Waals surface area contributed by atoms with Gasteiger partial charge in [0.15, 0.2) is 8.32 Å². The van der Waals surface area contributed by atoms with Crippen LogP contribution in [0.5, 0.6) is 0 Å². The van der Waals surface area contributed by atoms with Gasteiger partial charge in [0, 0.05) is 15.8 Å². The summed E-state index contributed by atoms with van der Waals surface area (Å²) in [5, 5.41) is 3.90. The Labute approximate surface area is 226 Å². The lowest BCUT2D eigenvalue weighted by molar-refractivity contribution is -0.118. The molecule has 35 heavy (non-hydrogen) atoms. The average molecular weight is 618 g/mol. The maximum absolute atomic E-state index is 8.78. The van der Waals surface area contributed by atoms with Crippen LogP contribution in [0.15, 0.2) is 28.9 Å². The van der Waals surface area contributed by atoms with Crippen molar-refractivity contribution in [3.63, 3.8) is 0 Å². The van der Waals surface area contributed by atoms with Gasteiger partial charge in [-0.2, -0.15) is 0 Å². The summed E-state index contributed by atoms with van der Waals surface area (Å²) >= 11 is 2.42. The third-order valence-corrected chi connectivity index (χ3v) is 13.9. The van der Waals surface area contributed by atoms with E-state index in [1.54, 1.807) is 0 Å². The Morgan fingerprint density at radius 1 is 1.23 bits per heavy atom. The minimum Gasteiger partial charge on any atom is -0.408 e. The summed E-state index contributed by atoms with van der Waals surface area (Å²) in [6.07, 6.45) is 9.42. The van der Waals surface area contributed by atoms with Crippen LogP contribution < -0.4 is 0 Å². The first kappa shape index (κ1) is 29.1. The number of ether oxygens (including phenoxy) is 3. The van der Waals surface area contributed by atoms with Gasteiger partial charge in [-0.05, 0) is 56.3 Å². The van der Waals surface area contributed by atoms with E-state index in [1.807, 2.05) is 6.92 Å². The van der Waals surface area contributed by atoms with E-state index in [-0.39, 0.29) is 42.2 Å². The van der Waals surface area contributed by atoms with Crippen LogP contribution in [0.2, 0.25) is 18.1 Å². The summed E-state index contributed by atoms with van der Waals surface area (Å²) in [6.45, 7) is 13.9. The van der Waals surface area contributed by atoms with Gasteiger partial charge in [-0.15, -0.1) is 0 Å². The SMILES string of the molecule is CC[Si](CC)(CC)O[C@@H]1[C@@H](/C=C\C(C)=C\C[C@@H]2O[C@H](C)[C@H](N=[N+]=[N-])C[C@@H]2C)O[C@@H](CI)C[C@@]12CO2. The van der Waals surface area contributed by atoms with Crippen LogP contribution >= 0.6 is 22.6 Å². The van der Waals surface area contributed by atoms with Crippen molar-refractivity contribution >= 4 is 30.9 Å². The van der Waals surface area contributed by atoms with Crippen LogP contribution in [0.25, 0.3) is 10.4 Å². The Balaban J connectivity index is 1.70. The van der Waals surface area contributed by atoms with Gasteiger partial charge in [0.25, 0.3) is 0 Å². The highest BCUT2D eigenvalue weighted by Crippen LogP contribution is 2.46. The molecule has 0 radical (unpaired) electrons. The predicted molar refractivity (Wildman–Crippen MR) is 151 cm³/mol. The lowest BCUT2D eigenvalue weighted by Crippen LogP contribution is -2.56. The second-order valence-corrected chi connectivity index (χ2v) is 16.2. The van der Waals surface area contributed by atoms with Gasteiger partial charge in [-0.1, -0.05) is 79.2 Å². The predicted octanol–water partition coefficient (Wildman–Crippen LogP) is 7.12. The molecule has 3 aliphatic heterocycles. The normalized spacial score (nSPS) is 38.0. The van der Waals surface area contributed by atoms with E-state index in [2.05, 4.69) is 85.5 Å². The molecule has 0 N–H and O–H groups in total. The molecular weight excluding hydrogens is 573 g/mol. The number of hydrogen-bond acceptors (Lipinski definition) is 5. The Kier molecular flexibility index (Phi) is 10.7. The van der Waals surface area contributed by atoms with Crippen molar-refractivity contribution in [2.45, 2.75) is 121 Å². The number of alkyl halides is 1. The largest absolute Gasteiger partial charge is 0.408 e. The topological polar surface area (TPSA) is 89.0 Å². The molecule has 0 aromatic rings. The summed E-state index contributed by atoms with van der Waals surface area (Å²) in [6, 6.07) is 3.28. The molecule has 3 aliphatic rings. The fraction of sp³-hybridized carbons (Fsp3) is 0.846. The van der Waals surface area contributed by atoms with Crippen molar-refractivity contribution in [2.24, 2.45) is 11.0 Å². The van der Waals surface area contributed by atoms with Gasteiger partial charge in [0.05, 0.1) is 31.0 Å². The Bertz CT molecular complexity index is 802. The number of halogens is 1.